The van der Waals surface area contributed by atoms with E-state index in [1.165, 1.54) is 11.8 Å². The molecule has 174 valence electrons. The lowest BCUT2D eigenvalue weighted by Gasteiger charge is -2.35. The molecule has 1 aromatic carbocycles. The van der Waals surface area contributed by atoms with Gasteiger partial charge in [0, 0.05) is 31.9 Å². The number of furan rings is 1. The van der Waals surface area contributed by atoms with Crippen LogP contribution < -0.4 is 0 Å². The van der Waals surface area contributed by atoms with E-state index in [4.69, 9.17) is 9.15 Å². The highest BCUT2D eigenvalue weighted by Gasteiger charge is 2.28. The number of ether oxygens (including phenoxy) is 1. The molecule has 0 atom stereocenters. The number of hydrogen-bond acceptors (Lipinski definition) is 7. The first-order valence-corrected chi connectivity index (χ1v) is 11.7. The summed E-state index contributed by atoms with van der Waals surface area (Å²) >= 11 is 1.33. The van der Waals surface area contributed by atoms with Crippen molar-refractivity contribution in [1.29, 1.82) is 0 Å². The molecule has 1 aliphatic heterocycles. The number of carbonyl (C=O) groups excluding carboxylic acids is 2. The Morgan fingerprint density at radius 1 is 1.00 bits per heavy atom. The average molecular weight is 470 g/mol. The van der Waals surface area contributed by atoms with Gasteiger partial charge in [-0.3, -0.25) is 9.36 Å². The number of carbonyl (C=O) groups is 2. The third kappa shape index (κ3) is 5.57. The van der Waals surface area contributed by atoms with Gasteiger partial charge >= 0.3 is 6.09 Å². The van der Waals surface area contributed by atoms with Crippen molar-refractivity contribution >= 4 is 23.8 Å². The SMILES string of the molecule is CC(C)(C)OC(=O)N1CCN(C(=O)CSc2nnc(-c3ccco3)n2-c2ccccc2)CC1. The normalized spacial score (nSPS) is 14.4. The molecule has 0 unspecified atom stereocenters. The molecule has 0 radical (unpaired) electrons. The van der Waals surface area contributed by atoms with E-state index in [-0.39, 0.29) is 17.8 Å². The first-order chi connectivity index (χ1) is 15.8. The van der Waals surface area contributed by atoms with Gasteiger partial charge in [-0.1, -0.05) is 30.0 Å². The van der Waals surface area contributed by atoms with E-state index in [0.29, 0.717) is 42.9 Å². The number of benzene rings is 1. The molecular formula is C23H27N5O4S. The molecule has 1 aliphatic rings. The fraction of sp³-hybridized carbons (Fsp3) is 0.391. The summed E-state index contributed by atoms with van der Waals surface area (Å²) in [5, 5.41) is 9.21. The van der Waals surface area contributed by atoms with Crippen LogP contribution in [0.5, 0.6) is 0 Å². The van der Waals surface area contributed by atoms with Crippen molar-refractivity contribution in [1.82, 2.24) is 24.6 Å². The van der Waals surface area contributed by atoms with Crippen LogP contribution in [0.15, 0.2) is 58.3 Å². The van der Waals surface area contributed by atoms with E-state index < -0.39 is 5.60 Å². The summed E-state index contributed by atoms with van der Waals surface area (Å²) < 4.78 is 12.8. The Balaban J connectivity index is 1.40. The molecule has 3 aromatic rings. The van der Waals surface area contributed by atoms with Crippen molar-refractivity contribution in [3.8, 4) is 17.3 Å². The van der Waals surface area contributed by atoms with Gasteiger partial charge in [0.1, 0.15) is 5.60 Å². The predicted molar refractivity (Wildman–Crippen MR) is 124 cm³/mol. The number of hydrogen-bond donors (Lipinski definition) is 0. The van der Waals surface area contributed by atoms with Crippen molar-refractivity contribution in [2.45, 2.75) is 31.5 Å². The number of rotatable bonds is 5. The van der Waals surface area contributed by atoms with Crippen molar-refractivity contribution < 1.29 is 18.7 Å². The van der Waals surface area contributed by atoms with E-state index >= 15 is 0 Å². The first-order valence-electron chi connectivity index (χ1n) is 10.7. The molecular weight excluding hydrogens is 442 g/mol. The zero-order valence-corrected chi connectivity index (χ0v) is 19.7. The van der Waals surface area contributed by atoms with E-state index in [1.807, 2.05) is 61.7 Å². The van der Waals surface area contributed by atoms with Gasteiger partial charge in [-0.25, -0.2) is 4.79 Å². The lowest BCUT2D eigenvalue weighted by Crippen LogP contribution is -2.52. The maximum Gasteiger partial charge on any atom is 0.410 e. The van der Waals surface area contributed by atoms with Crippen molar-refractivity contribution in [3.63, 3.8) is 0 Å². The smallest absolute Gasteiger partial charge is 0.410 e. The van der Waals surface area contributed by atoms with Crippen LogP contribution in [0.3, 0.4) is 0 Å². The highest BCUT2D eigenvalue weighted by molar-refractivity contribution is 7.99. The Hall–Kier alpha value is -3.27. The summed E-state index contributed by atoms with van der Waals surface area (Å²) in [6.45, 7) is 7.37. The molecule has 3 heterocycles. The topological polar surface area (TPSA) is 93.7 Å². The third-order valence-electron chi connectivity index (χ3n) is 5.00. The van der Waals surface area contributed by atoms with Crippen LogP contribution in [0.4, 0.5) is 4.79 Å². The Bertz CT molecular complexity index is 1080. The molecule has 33 heavy (non-hydrogen) atoms. The Morgan fingerprint density at radius 2 is 1.70 bits per heavy atom. The highest BCUT2D eigenvalue weighted by Crippen LogP contribution is 2.28. The van der Waals surface area contributed by atoms with Gasteiger partial charge in [-0.2, -0.15) is 0 Å². The summed E-state index contributed by atoms with van der Waals surface area (Å²) in [4.78, 5) is 28.5. The van der Waals surface area contributed by atoms with Gasteiger partial charge < -0.3 is 19.0 Å². The van der Waals surface area contributed by atoms with Crippen molar-refractivity contribution in [2.24, 2.45) is 0 Å². The molecule has 2 aromatic heterocycles. The minimum absolute atomic E-state index is 0.00833. The zero-order valence-electron chi connectivity index (χ0n) is 18.9. The van der Waals surface area contributed by atoms with Crippen LogP contribution in [0.25, 0.3) is 17.3 Å². The monoisotopic (exact) mass is 469 g/mol. The summed E-state index contributed by atoms with van der Waals surface area (Å²) in [6, 6.07) is 13.3. The number of amides is 2. The Morgan fingerprint density at radius 3 is 2.33 bits per heavy atom. The molecule has 0 bridgehead atoms. The molecule has 0 aliphatic carbocycles. The molecule has 2 amide bonds. The van der Waals surface area contributed by atoms with Gasteiger partial charge in [0.15, 0.2) is 10.9 Å². The van der Waals surface area contributed by atoms with Gasteiger partial charge in [0.2, 0.25) is 11.7 Å². The number of aromatic nitrogens is 3. The molecule has 10 heteroatoms. The summed E-state index contributed by atoms with van der Waals surface area (Å²) in [7, 11) is 0. The first kappa shape index (κ1) is 22.9. The van der Waals surface area contributed by atoms with Gasteiger partial charge in [-0.15, -0.1) is 10.2 Å². The predicted octanol–water partition coefficient (Wildman–Crippen LogP) is 3.70. The second-order valence-corrected chi connectivity index (χ2v) is 9.53. The third-order valence-corrected chi connectivity index (χ3v) is 5.91. The molecule has 9 nitrogen and oxygen atoms in total. The molecule has 0 saturated carbocycles. The fourth-order valence-electron chi connectivity index (χ4n) is 3.42. The standard InChI is InChI=1S/C23H27N5O4S/c1-23(2,3)32-22(30)27-13-11-26(12-14-27)19(29)16-33-21-25-24-20(18-10-7-15-31-18)28(21)17-8-5-4-6-9-17/h4-10,15H,11-14,16H2,1-3H3. The van der Waals surface area contributed by atoms with E-state index in [1.54, 1.807) is 22.1 Å². The molecule has 1 fully saturated rings. The van der Waals surface area contributed by atoms with E-state index in [9.17, 15) is 9.59 Å². The molecule has 1 saturated heterocycles. The number of para-hydroxylation sites is 1. The lowest BCUT2D eigenvalue weighted by atomic mass is 10.2. The minimum atomic E-state index is -0.538. The van der Waals surface area contributed by atoms with Crippen LogP contribution >= 0.6 is 11.8 Å². The summed E-state index contributed by atoms with van der Waals surface area (Å²) in [5.74, 6) is 1.39. The van der Waals surface area contributed by atoms with Gasteiger partial charge in [-0.05, 0) is 45.0 Å². The maximum atomic E-state index is 12.9. The maximum absolute atomic E-state index is 12.9. The highest BCUT2D eigenvalue weighted by atomic mass is 32.2. The zero-order chi connectivity index (χ0) is 23.4. The second-order valence-electron chi connectivity index (χ2n) is 8.59. The Kier molecular flexibility index (Phi) is 6.73. The average Bonchev–Trinajstić information content (AvgIpc) is 3.47. The lowest BCUT2D eigenvalue weighted by molar-refractivity contribution is -0.130. The van der Waals surface area contributed by atoms with Crippen LogP contribution in [0, 0.1) is 0 Å². The molecule has 0 spiro atoms. The van der Waals surface area contributed by atoms with Crippen LogP contribution in [0.1, 0.15) is 20.8 Å². The summed E-state index contributed by atoms with van der Waals surface area (Å²) in [6.07, 6.45) is 1.25. The quantitative estimate of drug-likeness (QED) is 0.526. The van der Waals surface area contributed by atoms with Crippen LogP contribution in [-0.2, 0) is 9.53 Å². The molecule has 4 rings (SSSR count). The fourth-order valence-corrected chi connectivity index (χ4v) is 4.28. The molecule has 0 N–H and O–H groups in total. The second kappa shape index (κ2) is 9.70. The van der Waals surface area contributed by atoms with Crippen LogP contribution in [0.2, 0.25) is 0 Å². The largest absolute Gasteiger partial charge is 0.461 e. The van der Waals surface area contributed by atoms with Crippen molar-refractivity contribution in [3.05, 3.63) is 48.7 Å². The van der Waals surface area contributed by atoms with Gasteiger partial charge in [0.25, 0.3) is 0 Å². The number of piperazine rings is 1. The van der Waals surface area contributed by atoms with Gasteiger partial charge in [0.05, 0.1) is 12.0 Å². The van der Waals surface area contributed by atoms with Crippen LogP contribution in [-0.4, -0.2) is 74.1 Å². The number of nitrogens with zero attached hydrogens (tertiary/aromatic N) is 5. The van der Waals surface area contributed by atoms with E-state index in [0.717, 1.165) is 5.69 Å². The number of thioether (sulfide) groups is 1. The van der Waals surface area contributed by atoms with E-state index in [2.05, 4.69) is 10.2 Å². The Labute approximate surface area is 196 Å². The van der Waals surface area contributed by atoms with Crippen molar-refractivity contribution in [2.75, 3.05) is 31.9 Å². The summed E-state index contributed by atoms with van der Waals surface area (Å²) in [5.41, 5.74) is 0.346. The minimum Gasteiger partial charge on any atom is -0.461 e.